The first kappa shape index (κ1) is 17.3. The molecule has 0 bridgehead atoms. The van der Waals surface area contributed by atoms with E-state index in [4.69, 9.17) is 10.00 Å². The molecule has 1 aromatic rings. The van der Waals surface area contributed by atoms with Crippen molar-refractivity contribution >= 4 is 6.09 Å². The number of hydrogen-bond acceptors (Lipinski definition) is 4. The van der Waals surface area contributed by atoms with Gasteiger partial charge in [0.05, 0.1) is 11.6 Å². The van der Waals surface area contributed by atoms with Crippen LogP contribution in [0.3, 0.4) is 0 Å². The molecule has 5 nitrogen and oxygen atoms in total. The van der Waals surface area contributed by atoms with Crippen molar-refractivity contribution in [3.8, 4) is 6.07 Å². The van der Waals surface area contributed by atoms with E-state index >= 15 is 0 Å². The van der Waals surface area contributed by atoms with Gasteiger partial charge in [0.25, 0.3) is 0 Å². The van der Waals surface area contributed by atoms with Crippen molar-refractivity contribution < 1.29 is 9.53 Å². The van der Waals surface area contributed by atoms with E-state index in [0.717, 1.165) is 18.4 Å². The Hall–Kier alpha value is -2.06. The first-order chi connectivity index (χ1) is 10.9. The molecule has 2 rings (SSSR count). The molecule has 1 saturated carbocycles. The molecule has 0 saturated heterocycles. The molecule has 1 aromatic carbocycles. The number of nitrogens with one attached hydrogen (secondary N) is 1. The van der Waals surface area contributed by atoms with Crippen molar-refractivity contribution in [1.29, 1.82) is 5.26 Å². The number of hydrogen-bond donors (Lipinski definition) is 1. The van der Waals surface area contributed by atoms with E-state index in [1.54, 1.807) is 0 Å². The number of carbonyl (C=O) groups is 1. The molecule has 0 aromatic heterocycles. The van der Waals surface area contributed by atoms with Crippen LogP contribution in [0, 0.1) is 11.3 Å². The summed E-state index contributed by atoms with van der Waals surface area (Å²) in [7, 11) is 0. The first-order valence-electron chi connectivity index (χ1n) is 8.09. The second-order valence-electron chi connectivity index (χ2n) is 6.85. The molecule has 1 fully saturated rings. The molecular formula is C18H25N3O2. The van der Waals surface area contributed by atoms with Crippen LogP contribution in [0.25, 0.3) is 0 Å². The molecule has 1 aliphatic rings. The minimum atomic E-state index is -0.469. The summed E-state index contributed by atoms with van der Waals surface area (Å²) in [6.07, 6.45) is 1.87. The zero-order chi connectivity index (χ0) is 16.9. The second-order valence-corrected chi connectivity index (χ2v) is 6.85. The molecule has 0 heterocycles. The van der Waals surface area contributed by atoms with Gasteiger partial charge in [-0.25, -0.2) is 4.79 Å². The van der Waals surface area contributed by atoms with E-state index in [-0.39, 0.29) is 6.09 Å². The summed E-state index contributed by atoms with van der Waals surface area (Å²) in [6, 6.07) is 10.1. The van der Waals surface area contributed by atoms with Crippen LogP contribution in [0.2, 0.25) is 0 Å². The molecule has 0 unspecified atom stereocenters. The van der Waals surface area contributed by atoms with Crippen molar-refractivity contribution in [2.75, 3.05) is 13.1 Å². The number of rotatable bonds is 6. The van der Waals surface area contributed by atoms with Gasteiger partial charge in [0.15, 0.2) is 0 Å². The Morgan fingerprint density at radius 2 is 2.09 bits per heavy atom. The van der Waals surface area contributed by atoms with Gasteiger partial charge in [-0.2, -0.15) is 5.26 Å². The Balaban J connectivity index is 1.81. The highest BCUT2D eigenvalue weighted by Gasteiger charge is 2.34. The van der Waals surface area contributed by atoms with E-state index in [1.807, 2.05) is 49.9 Å². The van der Waals surface area contributed by atoms with Crippen molar-refractivity contribution in [3.63, 3.8) is 0 Å². The predicted octanol–water partition coefficient (Wildman–Crippen LogP) is 3.05. The van der Waals surface area contributed by atoms with Crippen LogP contribution in [0.4, 0.5) is 4.79 Å². The van der Waals surface area contributed by atoms with Gasteiger partial charge in [0.1, 0.15) is 5.60 Å². The fraction of sp³-hybridized carbons (Fsp3) is 0.556. The van der Waals surface area contributed by atoms with E-state index in [0.29, 0.717) is 31.2 Å². The van der Waals surface area contributed by atoms with Gasteiger partial charge in [-0.15, -0.1) is 0 Å². The number of carbonyl (C=O) groups excluding carboxylic acids is 1. The SMILES string of the molecule is CC(C)(C)OC(=O)N(CCNCc1ccccc1C#N)C1CC1. The molecule has 1 amide bonds. The van der Waals surface area contributed by atoms with Crippen LogP contribution in [0.15, 0.2) is 24.3 Å². The Kier molecular flexibility index (Phi) is 5.62. The van der Waals surface area contributed by atoms with Crippen LogP contribution in [0.5, 0.6) is 0 Å². The van der Waals surface area contributed by atoms with E-state index < -0.39 is 5.60 Å². The third-order valence-corrected chi connectivity index (χ3v) is 3.60. The highest BCUT2D eigenvalue weighted by molar-refractivity contribution is 5.69. The van der Waals surface area contributed by atoms with E-state index in [9.17, 15) is 4.79 Å². The number of ether oxygens (including phenoxy) is 1. The minimum absolute atomic E-state index is 0.237. The molecule has 5 heteroatoms. The predicted molar refractivity (Wildman–Crippen MR) is 88.8 cm³/mol. The molecule has 1 aliphatic carbocycles. The first-order valence-corrected chi connectivity index (χ1v) is 8.09. The van der Waals surface area contributed by atoms with Gasteiger partial charge in [0.2, 0.25) is 0 Å². The summed E-state index contributed by atoms with van der Waals surface area (Å²) in [5, 5.41) is 12.4. The maximum Gasteiger partial charge on any atom is 0.410 e. The Bertz CT molecular complexity index is 583. The number of amides is 1. The largest absolute Gasteiger partial charge is 0.444 e. The zero-order valence-corrected chi connectivity index (χ0v) is 14.1. The molecule has 0 radical (unpaired) electrons. The Morgan fingerprint density at radius 1 is 1.39 bits per heavy atom. The highest BCUT2D eigenvalue weighted by atomic mass is 16.6. The summed E-state index contributed by atoms with van der Waals surface area (Å²) >= 11 is 0. The number of nitriles is 1. The number of benzene rings is 1. The lowest BCUT2D eigenvalue weighted by Gasteiger charge is -2.27. The van der Waals surface area contributed by atoms with E-state index in [1.165, 1.54) is 0 Å². The van der Waals surface area contributed by atoms with Crippen molar-refractivity contribution in [2.24, 2.45) is 0 Å². The zero-order valence-electron chi connectivity index (χ0n) is 14.1. The Labute approximate surface area is 138 Å². The lowest BCUT2D eigenvalue weighted by molar-refractivity contribution is 0.0236. The summed E-state index contributed by atoms with van der Waals surface area (Å²) < 4.78 is 5.47. The average molecular weight is 315 g/mol. The van der Waals surface area contributed by atoms with Crippen LogP contribution in [-0.2, 0) is 11.3 Å². The summed E-state index contributed by atoms with van der Waals surface area (Å²) in [5.41, 5.74) is 1.19. The lowest BCUT2D eigenvalue weighted by Crippen LogP contribution is -2.41. The maximum atomic E-state index is 12.2. The monoisotopic (exact) mass is 315 g/mol. The normalized spacial score (nSPS) is 14.2. The molecule has 124 valence electrons. The molecule has 1 N–H and O–H groups in total. The van der Waals surface area contributed by atoms with Crippen molar-refractivity contribution in [1.82, 2.24) is 10.2 Å². The Morgan fingerprint density at radius 3 is 2.70 bits per heavy atom. The highest BCUT2D eigenvalue weighted by Crippen LogP contribution is 2.28. The molecule has 0 spiro atoms. The smallest absolute Gasteiger partial charge is 0.410 e. The van der Waals surface area contributed by atoms with Crippen LogP contribution in [-0.4, -0.2) is 35.7 Å². The van der Waals surface area contributed by atoms with Crippen LogP contribution >= 0.6 is 0 Å². The standard InChI is InChI=1S/C18H25N3O2/c1-18(2,3)23-17(22)21(16-8-9-16)11-10-20-13-15-7-5-4-6-14(15)12-19/h4-7,16,20H,8-11,13H2,1-3H3. The average Bonchev–Trinajstić information content (AvgIpc) is 3.30. The number of nitrogens with zero attached hydrogens (tertiary/aromatic N) is 2. The summed E-state index contributed by atoms with van der Waals surface area (Å²) in [5.74, 6) is 0. The second kappa shape index (κ2) is 7.47. The third kappa shape index (κ3) is 5.57. The fourth-order valence-corrected chi connectivity index (χ4v) is 2.34. The van der Waals surface area contributed by atoms with Gasteiger partial charge in [-0.3, -0.25) is 0 Å². The van der Waals surface area contributed by atoms with Gasteiger partial charge in [0, 0.05) is 25.7 Å². The molecule has 0 atom stereocenters. The van der Waals surface area contributed by atoms with Crippen LogP contribution < -0.4 is 5.32 Å². The lowest BCUT2D eigenvalue weighted by atomic mass is 10.1. The third-order valence-electron chi connectivity index (χ3n) is 3.60. The quantitative estimate of drug-likeness (QED) is 0.819. The molecular weight excluding hydrogens is 290 g/mol. The minimum Gasteiger partial charge on any atom is -0.444 e. The van der Waals surface area contributed by atoms with Crippen molar-refractivity contribution in [2.45, 2.75) is 51.8 Å². The van der Waals surface area contributed by atoms with Gasteiger partial charge < -0.3 is 15.0 Å². The molecule has 23 heavy (non-hydrogen) atoms. The molecule has 0 aliphatic heterocycles. The van der Waals surface area contributed by atoms with Gasteiger partial charge >= 0.3 is 6.09 Å². The van der Waals surface area contributed by atoms with Gasteiger partial charge in [-0.05, 0) is 45.2 Å². The van der Waals surface area contributed by atoms with E-state index in [2.05, 4.69) is 11.4 Å². The summed E-state index contributed by atoms with van der Waals surface area (Å²) in [4.78, 5) is 14.1. The van der Waals surface area contributed by atoms with Crippen molar-refractivity contribution in [3.05, 3.63) is 35.4 Å². The van der Waals surface area contributed by atoms with Gasteiger partial charge in [-0.1, -0.05) is 18.2 Å². The maximum absolute atomic E-state index is 12.2. The fourth-order valence-electron chi connectivity index (χ4n) is 2.34. The summed E-state index contributed by atoms with van der Waals surface area (Å²) in [6.45, 7) is 7.56. The topological polar surface area (TPSA) is 65.4 Å². The van der Waals surface area contributed by atoms with Crippen LogP contribution in [0.1, 0.15) is 44.7 Å².